The van der Waals surface area contributed by atoms with Crippen molar-refractivity contribution in [1.29, 1.82) is 0 Å². The van der Waals surface area contributed by atoms with Crippen molar-refractivity contribution in [2.24, 2.45) is 0 Å². The van der Waals surface area contributed by atoms with Crippen molar-refractivity contribution in [1.82, 2.24) is 14.9 Å². The third-order valence-electron chi connectivity index (χ3n) is 5.74. The first kappa shape index (κ1) is 21.8. The monoisotopic (exact) mass is 443 g/mol. The van der Waals surface area contributed by atoms with Gasteiger partial charge in [-0.15, -0.1) is 0 Å². The largest absolute Gasteiger partial charge is 0.372 e. The van der Waals surface area contributed by atoms with E-state index in [1.165, 1.54) is 6.42 Å². The van der Waals surface area contributed by atoms with E-state index in [2.05, 4.69) is 40.1 Å². The van der Waals surface area contributed by atoms with Crippen LogP contribution in [-0.4, -0.2) is 59.2 Å². The van der Waals surface area contributed by atoms with Crippen molar-refractivity contribution >= 4 is 29.1 Å². The van der Waals surface area contributed by atoms with E-state index in [-0.39, 0.29) is 18.1 Å². The Morgan fingerprint density at radius 3 is 2.52 bits per heavy atom. The summed E-state index contributed by atoms with van der Waals surface area (Å²) >= 11 is 6.40. The zero-order valence-electron chi connectivity index (χ0n) is 18.2. The average molecular weight is 444 g/mol. The number of pyridine rings is 2. The molecule has 0 saturated carbocycles. The molecule has 2 aromatic heterocycles. The molecule has 0 aliphatic carbocycles. The minimum Gasteiger partial charge on any atom is -0.372 e. The fourth-order valence-electron chi connectivity index (χ4n) is 4.22. The quantitative estimate of drug-likeness (QED) is 0.753. The Balaban J connectivity index is 1.35. The van der Waals surface area contributed by atoms with Crippen LogP contribution in [0.15, 0.2) is 30.6 Å². The Hall–Kier alpha value is -2.38. The van der Waals surface area contributed by atoms with Crippen LogP contribution in [0, 0.1) is 0 Å². The molecule has 4 rings (SSSR count). The van der Waals surface area contributed by atoms with Gasteiger partial charge < -0.3 is 19.9 Å². The first-order valence-corrected chi connectivity index (χ1v) is 11.4. The number of ether oxygens (including phenoxy) is 1. The van der Waals surface area contributed by atoms with Gasteiger partial charge in [-0.1, -0.05) is 17.7 Å². The molecule has 2 aliphatic heterocycles. The number of morpholine rings is 1. The summed E-state index contributed by atoms with van der Waals surface area (Å²) in [7, 11) is 0. The number of amides is 1. The van der Waals surface area contributed by atoms with Crippen molar-refractivity contribution in [2.75, 3.05) is 36.4 Å². The van der Waals surface area contributed by atoms with Gasteiger partial charge >= 0.3 is 0 Å². The zero-order chi connectivity index (χ0) is 21.8. The third-order valence-corrected chi connectivity index (χ3v) is 6.03. The maximum absolute atomic E-state index is 12.6. The van der Waals surface area contributed by atoms with Crippen molar-refractivity contribution < 1.29 is 9.53 Å². The number of likely N-dealkylation sites (tertiary alicyclic amines) is 1. The molecule has 1 N–H and O–H groups in total. The van der Waals surface area contributed by atoms with E-state index in [1.807, 2.05) is 17.2 Å². The first-order chi connectivity index (χ1) is 15.0. The summed E-state index contributed by atoms with van der Waals surface area (Å²) in [5, 5.41) is 3.69. The molecule has 0 spiro atoms. The van der Waals surface area contributed by atoms with Crippen LogP contribution in [0.5, 0.6) is 0 Å². The molecule has 0 radical (unpaired) electrons. The average Bonchev–Trinajstić information content (AvgIpc) is 2.78. The number of piperidine rings is 1. The molecule has 8 heteroatoms. The fourth-order valence-corrected chi connectivity index (χ4v) is 4.46. The lowest BCUT2D eigenvalue weighted by Gasteiger charge is -2.36. The minimum absolute atomic E-state index is 0.00666. The predicted octanol–water partition coefficient (Wildman–Crippen LogP) is 3.98. The second-order valence-electron chi connectivity index (χ2n) is 8.45. The Bertz CT molecular complexity index is 891. The molecule has 1 amide bonds. The Morgan fingerprint density at radius 1 is 1.13 bits per heavy atom. The maximum atomic E-state index is 12.6. The lowest BCUT2D eigenvalue weighted by Crippen LogP contribution is -2.45. The Labute approximate surface area is 188 Å². The van der Waals surface area contributed by atoms with Crippen molar-refractivity contribution in [3.05, 3.63) is 46.7 Å². The smallest absolute Gasteiger partial charge is 0.255 e. The van der Waals surface area contributed by atoms with E-state index in [0.717, 1.165) is 50.4 Å². The number of carbonyl (C=O) groups excluding carboxylic acids is 1. The minimum atomic E-state index is 0.00666. The van der Waals surface area contributed by atoms with Gasteiger partial charge in [0.2, 0.25) is 0 Å². The summed E-state index contributed by atoms with van der Waals surface area (Å²) in [4.78, 5) is 25.8. The second-order valence-corrected chi connectivity index (χ2v) is 8.85. The van der Waals surface area contributed by atoms with Crippen LogP contribution in [0.2, 0.25) is 5.02 Å². The number of nitrogens with zero attached hydrogens (tertiary/aromatic N) is 4. The number of nitrogens with one attached hydrogen (secondary N) is 1. The highest BCUT2D eigenvalue weighted by molar-refractivity contribution is 6.33. The number of hydrogen-bond acceptors (Lipinski definition) is 6. The summed E-state index contributed by atoms with van der Waals surface area (Å²) in [6.45, 7) is 8.03. The Morgan fingerprint density at radius 2 is 1.87 bits per heavy atom. The molecule has 2 aliphatic rings. The van der Waals surface area contributed by atoms with Crippen LogP contribution in [-0.2, 0) is 11.3 Å². The SMILES string of the molecule is CC1CN(c2ccc(CNc3ncc(C(=O)N4CCCCC4)cc3Cl)cn2)CC(C)O1. The maximum Gasteiger partial charge on any atom is 0.255 e. The van der Waals surface area contributed by atoms with Gasteiger partial charge in [0.25, 0.3) is 5.91 Å². The van der Waals surface area contributed by atoms with Gasteiger partial charge in [-0.25, -0.2) is 9.97 Å². The summed E-state index contributed by atoms with van der Waals surface area (Å²) in [5.41, 5.74) is 1.57. The van der Waals surface area contributed by atoms with E-state index in [4.69, 9.17) is 16.3 Å². The molecular formula is C23H30ClN5O2. The van der Waals surface area contributed by atoms with Crippen molar-refractivity contribution in [3.63, 3.8) is 0 Å². The molecule has 7 nitrogen and oxygen atoms in total. The van der Waals surface area contributed by atoms with E-state index in [9.17, 15) is 4.79 Å². The fraction of sp³-hybridized carbons (Fsp3) is 0.522. The van der Waals surface area contributed by atoms with Gasteiger partial charge in [-0.3, -0.25) is 4.79 Å². The second kappa shape index (κ2) is 9.83. The van der Waals surface area contributed by atoms with E-state index in [0.29, 0.717) is 22.9 Å². The van der Waals surface area contributed by atoms with Crippen molar-refractivity contribution in [2.45, 2.75) is 51.9 Å². The lowest BCUT2D eigenvalue weighted by atomic mass is 10.1. The van der Waals surface area contributed by atoms with Gasteiger partial charge in [0.15, 0.2) is 0 Å². The zero-order valence-corrected chi connectivity index (χ0v) is 18.9. The topological polar surface area (TPSA) is 70.6 Å². The molecule has 2 unspecified atom stereocenters. The summed E-state index contributed by atoms with van der Waals surface area (Å²) in [6.07, 6.45) is 7.18. The van der Waals surface area contributed by atoms with Gasteiger partial charge in [0.05, 0.1) is 22.8 Å². The lowest BCUT2D eigenvalue weighted by molar-refractivity contribution is -0.00546. The summed E-state index contributed by atoms with van der Waals surface area (Å²) in [5.74, 6) is 1.53. The highest BCUT2D eigenvalue weighted by atomic mass is 35.5. The van der Waals surface area contributed by atoms with Crippen LogP contribution in [0.4, 0.5) is 11.6 Å². The summed E-state index contributed by atoms with van der Waals surface area (Å²) in [6, 6.07) is 5.80. The van der Waals surface area contributed by atoms with Crippen LogP contribution >= 0.6 is 11.6 Å². The number of aromatic nitrogens is 2. The van der Waals surface area contributed by atoms with E-state index in [1.54, 1.807) is 12.3 Å². The number of hydrogen-bond donors (Lipinski definition) is 1. The van der Waals surface area contributed by atoms with Gasteiger partial charge in [0, 0.05) is 45.1 Å². The van der Waals surface area contributed by atoms with Crippen molar-refractivity contribution in [3.8, 4) is 0 Å². The van der Waals surface area contributed by atoms with Crippen LogP contribution in [0.25, 0.3) is 0 Å². The van der Waals surface area contributed by atoms with Crippen LogP contribution in [0.3, 0.4) is 0 Å². The molecule has 2 fully saturated rings. The number of rotatable bonds is 5. The van der Waals surface area contributed by atoms with Gasteiger partial charge in [-0.05, 0) is 50.8 Å². The van der Waals surface area contributed by atoms with E-state index < -0.39 is 0 Å². The van der Waals surface area contributed by atoms with Gasteiger partial charge in [0.1, 0.15) is 11.6 Å². The van der Waals surface area contributed by atoms with E-state index >= 15 is 0 Å². The van der Waals surface area contributed by atoms with Crippen LogP contribution < -0.4 is 10.2 Å². The number of anilines is 2. The molecule has 0 aromatic carbocycles. The van der Waals surface area contributed by atoms with Gasteiger partial charge in [-0.2, -0.15) is 0 Å². The number of halogens is 1. The third kappa shape index (κ3) is 5.46. The molecule has 2 atom stereocenters. The normalized spacial score (nSPS) is 21.8. The summed E-state index contributed by atoms with van der Waals surface area (Å²) < 4.78 is 5.80. The molecule has 4 heterocycles. The molecule has 31 heavy (non-hydrogen) atoms. The Kier molecular flexibility index (Phi) is 6.92. The number of carbonyl (C=O) groups is 1. The first-order valence-electron chi connectivity index (χ1n) is 11.0. The predicted molar refractivity (Wildman–Crippen MR) is 123 cm³/mol. The molecule has 2 saturated heterocycles. The highest BCUT2D eigenvalue weighted by Crippen LogP contribution is 2.23. The standard InChI is InChI=1S/C23H30ClN5O2/c1-16-14-29(15-17(2)31-16)21-7-6-18(11-25-21)12-26-22-20(24)10-19(13-27-22)23(30)28-8-4-3-5-9-28/h6-7,10-11,13,16-17H,3-5,8-9,12,14-15H2,1-2H3,(H,26,27). The highest BCUT2D eigenvalue weighted by Gasteiger charge is 2.23. The molecular weight excluding hydrogens is 414 g/mol. The van der Waals surface area contributed by atoms with Crippen LogP contribution in [0.1, 0.15) is 49.0 Å². The molecule has 2 aromatic rings. The molecule has 0 bridgehead atoms. The molecule has 166 valence electrons.